The Hall–Kier alpha value is -0.800. The second kappa shape index (κ2) is 6.97. The van der Waals surface area contributed by atoms with Gasteiger partial charge in [-0.05, 0) is 32.0 Å². The van der Waals surface area contributed by atoms with Gasteiger partial charge in [-0.2, -0.15) is 0 Å². The van der Waals surface area contributed by atoms with Gasteiger partial charge in [0.2, 0.25) is 10.0 Å². The van der Waals surface area contributed by atoms with Gasteiger partial charge in [0.05, 0.1) is 5.01 Å². The number of thiazole rings is 1. The summed E-state index contributed by atoms with van der Waals surface area (Å²) in [6, 6.07) is 1.73. The number of rotatable bonds is 7. The summed E-state index contributed by atoms with van der Waals surface area (Å²) >= 11 is 2.82. The molecule has 0 fully saturated rings. The predicted molar refractivity (Wildman–Crippen MR) is 87.3 cm³/mol. The molecule has 2 aromatic heterocycles. The van der Waals surface area contributed by atoms with Crippen LogP contribution in [0.3, 0.4) is 0 Å². The summed E-state index contributed by atoms with van der Waals surface area (Å²) in [7, 11) is -3.46. The Morgan fingerprint density at radius 1 is 1.24 bits per heavy atom. The lowest BCUT2D eigenvalue weighted by Crippen LogP contribution is -2.21. The van der Waals surface area contributed by atoms with Gasteiger partial charge in [0.25, 0.3) is 0 Å². The van der Waals surface area contributed by atoms with Crippen LogP contribution in [0.15, 0.2) is 16.5 Å². The van der Waals surface area contributed by atoms with Gasteiger partial charge in [-0.1, -0.05) is 6.92 Å². The SMILES string of the molecule is CCNCc1sc(S(=O)(=O)NCc2cnc(C)s2)cc1C. The highest BCUT2D eigenvalue weighted by molar-refractivity contribution is 7.91. The Morgan fingerprint density at radius 3 is 2.62 bits per heavy atom. The molecule has 0 radical (unpaired) electrons. The molecule has 0 aliphatic heterocycles. The monoisotopic (exact) mass is 345 g/mol. The summed E-state index contributed by atoms with van der Waals surface area (Å²) in [5.74, 6) is 0. The van der Waals surface area contributed by atoms with E-state index >= 15 is 0 Å². The van der Waals surface area contributed by atoms with Gasteiger partial charge in [0.1, 0.15) is 4.21 Å². The van der Waals surface area contributed by atoms with Crippen molar-refractivity contribution in [2.24, 2.45) is 0 Å². The third kappa shape index (κ3) is 4.33. The molecule has 116 valence electrons. The summed E-state index contributed by atoms with van der Waals surface area (Å²) in [5.41, 5.74) is 1.01. The van der Waals surface area contributed by atoms with Crippen LogP contribution < -0.4 is 10.0 Å². The highest BCUT2D eigenvalue weighted by Crippen LogP contribution is 2.26. The smallest absolute Gasteiger partial charge is 0.250 e. The van der Waals surface area contributed by atoms with Gasteiger partial charge in [0.15, 0.2) is 0 Å². The van der Waals surface area contributed by atoms with E-state index in [0.717, 1.165) is 26.9 Å². The van der Waals surface area contributed by atoms with E-state index in [1.165, 1.54) is 22.7 Å². The van der Waals surface area contributed by atoms with Crippen molar-refractivity contribution in [2.45, 2.75) is 38.1 Å². The fourth-order valence-electron chi connectivity index (χ4n) is 1.76. The lowest BCUT2D eigenvalue weighted by atomic mass is 10.3. The lowest BCUT2D eigenvalue weighted by molar-refractivity contribution is 0.584. The topological polar surface area (TPSA) is 71.1 Å². The van der Waals surface area contributed by atoms with Crippen LogP contribution in [0.25, 0.3) is 0 Å². The number of sulfonamides is 1. The van der Waals surface area contributed by atoms with Crippen molar-refractivity contribution in [1.29, 1.82) is 0 Å². The molecule has 0 amide bonds. The Kier molecular flexibility index (Phi) is 5.50. The first kappa shape index (κ1) is 16.6. The fourth-order valence-corrected chi connectivity index (χ4v) is 5.20. The zero-order chi connectivity index (χ0) is 15.5. The molecule has 0 saturated carbocycles. The third-order valence-corrected chi connectivity index (χ3v) is 6.93. The van der Waals surface area contributed by atoms with Crippen LogP contribution in [0.2, 0.25) is 0 Å². The second-order valence-corrected chi connectivity index (χ2v) is 9.07. The molecule has 0 aromatic carbocycles. The zero-order valence-corrected chi connectivity index (χ0v) is 14.7. The molecule has 0 saturated heterocycles. The van der Waals surface area contributed by atoms with Crippen LogP contribution in [0.4, 0.5) is 0 Å². The highest BCUT2D eigenvalue weighted by Gasteiger charge is 2.18. The molecule has 2 aromatic rings. The molecule has 0 spiro atoms. The van der Waals surface area contributed by atoms with Gasteiger partial charge in [-0.3, -0.25) is 0 Å². The molecule has 21 heavy (non-hydrogen) atoms. The average molecular weight is 346 g/mol. The minimum absolute atomic E-state index is 0.285. The van der Waals surface area contributed by atoms with Crippen LogP contribution in [-0.2, 0) is 23.1 Å². The molecule has 2 N–H and O–H groups in total. The minimum atomic E-state index is -3.46. The summed E-state index contributed by atoms with van der Waals surface area (Å²) in [6.45, 7) is 7.72. The largest absolute Gasteiger partial charge is 0.312 e. The summed E-state index contributed by atoms with van der Waals surface area (Å²) < 4.78 is 27.6. The van der Waals surface area contributed by atoms with E-state index < -0.39 is 10.0 Å². The normalized spacial score (nSPS) is 12.0. The Morgan fingerprint density at radius 2 is 2.00 bits per heavy atom. The molecule has 0 aliphatic carbocycles. The Labute approximate surface area is 133 Å². The Bertz CT molecular complexity index is 704. The number of nitrogens with zero attached hydrogens (tertiary/aromatic N) is 1. The van der Waals surface area contributed by atoms with Crippen LogP contribution in [0.5, 0.6) is 0 Å². The van der Waals surface area contributed by atoms with Gasteiger partial charge in [0, 0.05) is 29.0 Å². The molecular formula is C13H19N3O2S3. The van der Waals surface area contributed by atoms with E-state index in [9.17, 15) is 8.42 Å². The van der Waals surface area contributed by atoms with Crippen molar-refractivity contribution in [3.63, 3.8) is 0 Å². The molecule has 2 rings (SSSR count). The standard InChI is InChI=1S/C13H19N3O2S3/c1-4-14-8-12-9(2)5-13(20-12)21(17,18)16-7-11-6-15-10(3)19-11/h5-6,14,16H,4,7-8H2,1-3H3. The average Bonchev–Trinajstić information content (AvgIpc) is 3.01. The summed E-state index contributed by atoms with van der Waals surface area (Å²) in [4.78, 5) is 6.10. The molecule has 0 aliphatic rings. The van der Waals surface area contributed by atoms with E-state index in [1.807, 2.05) is 20.8 Å². The number of hydrogen-bond acceptors (Lipinski definition) is 6. The summed E-state index contributed by atoms with van der Waals surface area (Å²) in [6.07, 6.45) is 1.71. The van der Waals surface area contributed by atoms with E-state index in [2.05, 4.69) is 15.0 Å². The van der Waals surface area contributed by atoms with Crippen molar-refractivity contribution < 1.29 is 8.42 Å². The highest BCUT2D eigenvalue weighted by atomic mass is 32.2. The molecule has 0 bridgehead atoms. The number of aromatic nitrogens is 1. The van der Waals surface area contributed by atoms with Crippen molar-refractivity contribution >= 4 is 32.7 Å². The first-order valence-corrected chi connectivity index (χ1v) is 9.75. The van der Waals surface area contributed by atoms with E-state index in [0.29, 0.717) is 10.8 Å². The van der Waals surface area contributed by atoms with Crippen LogP contribution >= 0.6 is 22.7 Å². The van der Waals surface area contributed by atoms with Crippen LogP contribution in [-0.4, -0.2) is 19.9 Å². The maximum Gasteiger partial charge on any atom is 0.250 e. The molecule has 0 atom stereocenters. The van der Waals surface area contributed by atoms with E-state index in [4.69, 9.17) is 0 Å². The van der Waals surface area contributed by atoms with E-state index in [1.54, 1.807) is 12.3 Å². The molecular weight excluding hydrogens is 326 g/mol. The fraction of sp³-hybridized carbons (Fsp3) is 0.462. The van der Waals surface area contributed by atoms with Gasteiger partial charge in [-0.15, -0.1) is 22.7 Å². The van der Waals surface area contributed by atoms with Crippen molar-refractivity contribution in [2.75, 3.05) is 6.54 Å². The van der Waals surface area contributed by atoms with Gasteiger partial charge >= 0.3 is 0 Å². The number of aryl methyl sites for hydroxylation is 2. The second-order valence-electron chi connectivity index (χ2n) is 4.62. The van der Waals surface area contributed by atoms with Crippen LogP contribution in [0, 0.1) is 13.8 Å². The predicted octanol–water partition coefficient (Wildman–Crippen LogP) is 2.41. The maximum absolute atomic E-state index is 12.3. The third-order valence-electron chi connectivity index (χ3n) is 2.90. The molecule has 5 nitrogen and oxygen atoms in total. The first-order chi connectivity index (χ1) is 9.92. The maximum atomic E-state index is 12.3. The quantitative estimate of drug-likeness (QED) is 0.808. The minimum Gasteiger partial charge on any atom is -0.312 e. The van der Waals surface area contributed by atoms with Crippen LogP contribution in [0.1, 0.15) is 27.2 Å². The number of nitrogens with one attached hydrogen (secondary N) is 2. The van der Waals surface area contributed by atoms with E-state index in [-0.39, 0.29) is 6.54 Å². The van der Waals surface area contributed by atoms with Gasteiger partial charge in [-0.25, -0.2) is 18.1 Å². The zero-order valence-electron chi connectivity index (χ0n) is 12.3. The number of thiophene rings is 1. The molecule has 2 heterocycles. The molecule has 8 heteroatoms. The Balaban J connectivity index is 2.08. The first-order valence-electron chi connectivity index (χ1n) is 6.63. The van der Waals surface area contributed by atoms with Crippen molar-refractivity contribution in [1.82, 2.24) is 15.0 Å². The number of hydrogen-bond donors (Lipinski definition) is 2. The van der Waals surface area contributed by atoms with Gasteiger partial charge < -0.3 is 5.32 Å². The van der Waals surface area contributed by atoms with Crippen molar-refractivity contribution in [3.05, 3.63) is 32.6 Å². The lowest BCUT2D eigenvalue weighted by Gasteiger charge is -2.02. The van der Waals surface area contributed by atoms with Crippen molar-refractivity contribution in [3.8, 4) is 0 Å². The summed E-state index contributed by atoms with van der Waals surface area (Å²) in [5, 5.41) is 4.15. The molecule has 0 unspecified atom stereocenters.